The third-order valence-corrected chi connectivity index (χ3v) is 2.50. The first-order valence-electron chi connectivity index (χ1n) is 4.48. The zero-order valence-corrected chi connectivity index (χ0v) is 8.91. The quantitative estimate of drug-likeness (QED) is 0.758. The largest absolute Gasteiger partial charge is 0.486 e. The number of carbonyl (C=O) groups is 1. The normalized spacial score (nSPS) is 13.1. The van der Waals surface area contributed by atoms with Gasteiger partial charge in [-0.2, -0.15) is 0 Å². The first-order valence-corrected chi connectivity index (χ1v) is 4.86. The Labute approximate surface area is 97.3 Å². The summed E-state index contributed by atoms with van der Waals surface area (Å²) in [6, 6.07) is 3.28. The number of hydrogen-bond acceptors (Lipinski definition) is 2. The molecule has 0 spiro atoms. The smallest absolute Gasteiger partial charge is 0.335 e. The van der Waals surface area contributed by atoms with Gasteiger partial charge in [-0.25, -0.2) is 4.79 Å². The van der Waals surface area contributed by atoms with E-state index in [1.165, 1.54) is 6.08 Å². The molecule has 0 amide bonds. The molecule has 4 heteroatoms. The molecule has 80 valence electrons. The van der Waals surface area contributed by atoms with E-state index in [4.69, 9.17) is 27.9 Å². The zero-order chi connectivity index (χ0) is 11.7. The van der Waals surface area contributed by atoms with Crippen molar-refractivity contribution in [2.75, 3.05) is 6.61 Å². The Kier molecular flexibility index (Phi) is 2.59. The highest BCUT2D eigenvalue weighted by Crippen LogP contribution is 2.34. The van der Waals surface area contributed by atoms with E-state index in [1.807, 2.05) is 0 Å². The van der Waals surface area contributed by atoms with Gasteiger partial charge in [-0.1, -0.05) is 17.5 Å². The van der Waals surface area contributed by atoms with Gasteiger partial charge in [0.2, 0.25) is 0 Å². The van der Waals surface area contributed by atoms with Crippen molar-refractivity contribution in [3.05, 3.63) is 33.9 Å². The van der Waals surface area contributed by atoms with Crippen molar-refractivity contribution in [2.45, 2.75) is 0 Å². The molecule has 0 atom stereocenters. The van der Waals surface area contributed by atoms with Crippen LogP contribution in [0.5, 0.6) is 5.75 Å². The third kappa shape index (κ3) is 1.75. The predicted octanol–water partition coefficient (Wildman–Crippen LogP) is 2.18. The Morgan fingerprint density at radius 1 is 1.56 bits per heavy atom. The number of terminal acetylenes is 1. The minimum Gasteiger partial charge on any atom is -0.486 e. The highest BCUT2D eigenvalue weighted by molar-refractivity contribution is 6.32. The van der Waals surface area contributed by atoms with Crippen LogP contribution in [0.25, 0.3) is 6.08 Å². The van der Waals surface area contributed by atoms with Crippen LogP contribution >= 0.6 is 11.6 Å². The van der Waals surface area contributed by atoms with Crippen molar-refractivity contribution in [2.24, 2.45) is 0 Å². The van der Waals surface area contributed by atoms with Crippen molar-refractivity contribution >= 4 is 23.6 Å². The molecule has 1 aromatic carbocycles. The van der Waals surface area contributed by atoms with Gasteiger partial charge in [0.15, 0.2) is 0 Å². The third-order valence-electron chi connectivity index (χ3n) is 2.22. The van der Waals surface area contributed by atoms with E-state index in [0.717, 1.165) is 0 Å². The van der Waals surface area contributed by atoms with Crippen LogP contribution in [-0.4, -0.2) is 17.7 Å². The molecule has 1 aromatic rings. The van der Waals surface area contributed by atoms with Crippen LogP contribution in [-0.2, 0) is 4.79 Å². The molecule has 0 fully saturated rings. The summed E-state index contributed by atoms with van der Waals surface area (Å²) in [6.45, 7) is 0.0114. The lowest BCUT2D eigenvalue weighted by atomic mass is 10.0. The predicted molar refractivity (Wildman–Crippen MR) is 60.5 cm³/mol. The van der Waals surface area contributed by atoms with Gasteiger partial charge in [0.25, 0.3) is 0 Å². The van der Waals surface area contributed by atoms with Crippen LogP contribution in [0, 0.1) is 12.3 Å². The number of carboxylic acid groups (broad SMARTS) is 1. The summed E-state index contributed by atoms with van der Waals surface area (Å²) in [7, 11) is 0. The molecule has 0 radical (unpaired) electrons. The standard InChI is InChI=1S/C12H7ClO3/c1-2-7-3-8-5-9(12(14)15)6-16-11(8)10(13)4-7/h1,3-5H,6H2,(H,14,15). The van der Waals surface area contributed by atoms with Crippen LogP contribution in [0.1, 0.15) is 11.1 Å². The molecule has 1 aliphatic rings. The molecule has 3 nitrogen and oxygen atoms in total. The van der Waals surface area contributed by atoms with E-state index in [2.05, 4.69) is 5.92 Å². The van der Waals surface area contributed by atoms with Gasteiger partial charge < -0.3 is 9.84 Å². The Bertz CT molecular complexity index is 538. The number of ether oxygens (including phenoxy) is 1. The Hall–Kier alpha value is -1.92. The first-order chi connectivity index (χ1) is 7.61. The summed E-state index contributed by atoms with van der Waals surface area (Å²) < 4.78 is 5.28. The number of fused-ring (bicyclic) bond motifs is 1. The van der Waals surface area contributed by atoms with E-state index in [1.54, 1.807) is 12.1 Å². The summed E-state index contributed by atoms with van der Waals surface area (Å²) in [5.41, 5.74) is 1.37. The molecule has 0 unspecified atom stereocenters. The average molecular weight is 235 g/mol. The van der Waals surface area contributed by atoms with Gasteiger partial charge in [0, 0.05) is 11.1 Å². The molecule has 1 heterocycles. The zero-order valence-electron chi connectivity index (χ0n) is 8.16. The van der Waals surface area contributed by atoms with Gasteiger partial charge in [-0.3, -0.25) is 0 Å². The van der Waals surface area contributed by atoms with E-state index in [0.29, 0.717) is 21.9 Å². The monoisotopic (exact) mass is 234 g/mol. The van der Waals surface area contributed by atoms with E-state index < -0.39 is 5.97 Å². The fraction of sp³-hybridized carbons (Fsp3) is 0.0833. The number of carboxylic acids is 1. The van der Waals surface area contributed by atoms with Gasteiger partial charge in [-0.15, -0.1) is 6.42 Å². The molecule has 0 aromatic heterocycles. The fourth-order valence-corrected chi connectivity index (χ4v) is 1.74. The molecule has 0 saturated carbocycles. The van der Waals surface area contributed by atoms with Gasteiger partial charge in [0.1, 0.15) is 12.4 Å². The Balaban J connectivity index is 2.57. The van der Waals surface area contributed by atoms with Crippen LogP contribution in [0.2, 0.25) is 5.02 Å². The first kappa shape index (κ1) is 10.6. The SMILES string of the molecule is C#Cc1cc(Cl)c2c(c1)C=C(C(=O)O)CO2. The van der Waals surface area contributed by atoms with E-state index in [-0.39, 0.29) is 12.2 Å². The van der Waals surface area contributed by atoms with Crippen molar-refractivity contribution < 1.29 is 14.6 Å². The molecular weight excluding hydrogens is 228 g/mol. The maximum atomic E-state index is 10.8. The molecular formula is C12H7ClO3. The molecule has 1 aliphatic heterocycles. The lowest BCUT2D eigenvalue weighted by Gasteiger charge is -2.17. The Morgan fingerprint density at radius 2 is 2.31 bits per heavy atom. The molecule has 1 N–H and O–H groups in total. The second-order valence-corrected chi connectivity index (χ2v) is 3.69. The summed E-state index contributed by atoms with van der Waals surface area (Å²) in [6.07, 6.45) is 6.78. The fourth-order valence-electron chi connectivity index (χ4n) is 1.46. The van der Waals surface area contributed by atoms with Crippen LogP contribution in [0.3, 0.4) is 0 Å². The maximum Gasteiger partial charge on any atom is 0.335 e. The van der Waals surface area contributed by atoms with E-state index in [9.17, 15) is 4.79 Å². The Morgan fingerprint density at radius 3 is 2.94 bits per heavy atom. The van der Waals surface area contributed by atoms with E-state index >= 15 is 0 Å². The topological polar surface area (TPSA) is 46.5 Å². The van der Waals surface area contributed by atoms with Gasteiger partial charge in [-0.05, 0) is 18.2 Å². The van der Waals surface area contributed by atoms with Crippen LogP contribution in [0.4, 0.5) is 0 Å². The summed E-state index contributed by atoms with van der Waals surface area (Å²) in [5.74, 6) is 1.92. The number of aliphatic carboxylic acids is 1. The number of benzene rings is 1. The summed E-state index contributed by atoms with van der Waals surface area (Å²) >= 11 is 5.96. The van der Waals surface area contributed by atoms with Gasteiger partial charge in [0.05, 0.1) is 10.6 Å². The lowest BCUT2D eigenvalue weighted by Crippen LogP contribution is -2.14. The van der Waals surface area contributed by atoms with Crippen molar-refractivity contribution in [1.82, 2.24) is 0 Å². The minimum atomic E-state index is -1.01. The van der Waals surface area contributed by atoms with Crippen LogP contribution in [0.15, 0.2) is 17.7 Å². The van der Waals surface area contributed by atoms with Crippen LogP contribution < -0.4 is 4.74 Å². The lowest BCUT2D eigenvalue weighted by molar-refractivity contribution is -0.132. The average Bonchev–Trinajstić information content (AvgIpc) is 2.28. The molecule has 2 rings (SSSR count). The number of rotatable bonds is 1. The number of hydrogen-bond donors (Lipinski definition) is 1. The summed E-state index contributed by atoms with van der Waals surface area (Å²) in [4.78, 5) is 10.8. The molecule has 0 aliphatic carbocycles. The highest BCUT2D eigenvalue weighted by atomic mass is 35.5. The van der Waals surface area contributed by atoms with Crippen molar-refractivity contribution in [3.8, 4) is 18.1 Å². The molecule has 0 bridgehead atoms. The maximum absolute atomic E-state index is 10.8. The molecule has 16 heavy (non-hydrogen) atoms. The second-order valence-electron chi connectivity index (χ2n) is 3.28. The summed E-state index contributed by atoms with van der Waals surface area (Å²) in [5, 5.41) is 9.23. The van der Waals surface area contributed by atoms with Crippen molar-refractivity contribution in [3.63, 3.8) is 0 Å². The van der Waals surface area contributed by atoms with Crippen molar-refractivity contribution in [1.29, 1.82) is 0 Å². The minimum absolute atomic E-state index is 0.0114. The molecule has 0 saturated heterocycles. The van der Waals surface area contributed by atoms with Gasteiger partial charge >= 0.3 is 5.97 Å². The number of halogens is 1. The highest BCUT2D eigenvalue weighted by Gasteiger charge is 2.19. The second kappa shape index (κ2) is 3.92.